The van der Waals surface area contributed by atoms with Gasteiger partial charge in [-0.3, -0.25) is 4.57 Å². The zero-order chi connectivity index (χ0) is 11.0. The molecule has 3 rings (SSSR count). The molecule has 1 aromatic carbocycles. The Hall–Kier alpha value is -1.68. The van der Waals surface area contributed by atoms with Crippen LogP contribution in [0.15, 0.2) is 53.4 Å². The lowest BCUT2D eigenvalue weighted by Crippen LogP contribution is -1.97. The minimum Gasteiger partial charge on any atom is -0.285 e. The van der Waals surface area contributed by atoms with Gasteiger partial charge < -0.3 is 0 Å². The molecule has 2 aromatic heterocycles. The summed E-state index contributed by atoms with van der Waals surface area (Å²) in [6, 6.07) is 10.0. The maximum absolute atomic E-state index is 4.24. The Morgan fingerprint density at radius 1 is 1.06 bits per heavy atom. The summed E-state index contributed by atoms with van der Waals surface area (Å²) in [5, 5.41) is 1.18. The molecule has 0 aliphatic heterocycles. The predicted molar refractivity (Wildman–Crippen MR) is 66.6 cm³/mol. The molecular weight excluding hydrogens is 266 g/mol. The first kappa shape index (κ1) is 9.54. The lowest BCUT2D eigenvalue weighted by atomic mass is 10.2. The molecule has 78 valence electrons. The van der Waals surface area contributed by atoms with Gasteiger partial charge in [0.2, 0.25) is 5.95 Å². The Bertz CT molecular complexity index is 631. The van der Waals surface area contributed by atoms with Gasteiger partial charge in [0.1, 0.15) is 0 Å². The molecule has 0 saturated heterocycles. The van der Waals surface area contributed by atoms with Crippen molar-refractivity contribution in [2.75, 3.05) is 0 Å². The molecule has 0 atom stereocenters. The number of rotatable bonds is 1. The third-order valence-corrected chi connectivity index (χ3v) is 2.92. The fourth-order valence-corrected chi connectivity index (χ4v) is 2.04. The highest BCUT2D eigenvalue weighted by Crippen LogP contribution is 2.22. The molecule has 0 fully saturated rings. The van der Waals surface area contributed by atoms with Gasteiger partial charge in [0, 0.05) is 28.4 Å². The number of fused-ring (bicyclic) bond motifs is 1. The first-order chi connectivity index (χ1) is 7.84. The van der Waals surface area contributed by atoms with E-state index in [1.165, 1.54) is 5.39 Å². The van der Waals surface area contributed by atoms with Gasteiger partial charge in [-0.2, -0.15) is 0 Å². The fraction of sp³-hybridized carbons (Fsp3) is 0. The van der Waals surface area contributed by atoms with E-state index in [0.717, 1.165) is 9.99 Å². The van der Waals surface area contributed by atoms with Gasteiger partial charge in [0.25, 0.3) is 0 Å². The Morgan fingerprint density at radius 2 is 1.88 bits per heavy atom. The molecule has 0 bridgehead atoms. The van der Waals surface area contributed by atoms with Crippen LogP contribution in [0.4, 0.5) is 0 Å². The third-order valence-electron chi connectivity index (χ3n) is 2.42. The smallest absolute Gasteiger partial charge is 0.234 e. The molecule has 0 N–H and O–H groups in total. The number of nitrogens with zero attached hydrogens (tertiary/aromatic N) is 3. The summed E-state index contributed by atoms with van der Waals surface area (Å²) in [7, 11) is 0. The molecule has 0 spiro atoms. The highest BCUT2D eigenvalue weighted by molar-refractivity contribution is 9.10. The third kappa shape index (κ3) is 1.51. The van der Waals surface area contributed by atoms with Crippen molar-refractivity contribution in [3.8, 4) is 5.95 Å². The normalized spacial score (nSPS) is 10.8. The molecule has 2 heterocycles. The van der Waals surface area contributed by atoms with Gasteiger partial charge in [-0.1, -0.05) is 22.0 Å². The second kappa shape index (κ2) is 3.72. The summed E-state index contributed by atoms with van der Waals surface area (Å²) in [5.41, 5.74) is 1.10. The van der Waals surface area contributed by atoms with Crippen molar-refractivity contribution in [2.45, 2.75) is 0 Å². The largest absolute Gasteiger partial charge is 0.285 e. The molecule has 0 aliphatic carbocycles. The average Bonchev–Trinajstić information content (AvgIpc) is 2.73. The molecular formula is C12H8BrN3. The SMILES string of the molecule is Brc1ccc2ccn(-c3ncccn3)c2c1. The van der Waals surface area contributed by atoms with Crippen molar-refractivity contribution in [1.29, 1.82) is 0 Å². The number of aromatic nitrogens is 3. The van der Waals surface area contributed by atoms with Crippen LogP contribution < -0.4 is 0 Å². The summed E-state index contributed by atoms with van der Waals surface area (Å²) >= 11 is 3.47. The van der Waals surface area contributed by atoms with E-state index in [9.17, 15) is 0 Å². The first-order valence-electron chi connectivity index (χ1n) is 4.88. The molecule has 3 aromatic rings. The molecule has 16 heavy (non-hydrogen) atoms. The van der Waals surface area contributed by atoms with Gasteiger partial charge in [-0.25, -0.2) is 9.97 Å². The highest BCUT2D eigenvalue weighted by atomic mass is 79.9. The second-order valence-electron chi connectivity index (χ2n) is 3.44. The maximum atomic E-state index is 4.24. The zero-order valence-corrected chi connectivity index (χ0v) is 9.92. The highest BCUT2D eigenvalue weighted by Gasteiger charge is 2.04. The van der Waals surface area contributed by atoms with Crippen LogP contribution in [0.25, 0.3) is 16.9 Å². The van der Waals surface area contributed by atoms with Gasteiger partial charge >= 0.3 is 0 Å². The van der Waals surface area contributed by atoms with Crippen molar-refractivity contribution >= 4 is 26.8 Å². The molecule has 0 unspecified atom stereocenters. The average molecular weight is 274 g/mol. The molecule has 0 amide bonds. The fourth-order valence-electron chi connectivity index (χ4n) is 1.69. The number of hydrogen-bond acceptors (Lipinski definition) is 2. The van der Waals surface area contributed by atoms with E-state index in [2.05, 4.69) is 44.1 Å². The lowest BCUT2D eigenvalue weighted by Gasteiger charge is -2.02. The van der Waals surface area contributed by atoms with Gasteiger partial charge in [0.05, 0.1) is 5.52 Å². The summed E-state index contributed by atoms with van der Waals surface area (Å²) in [4.78, 5) is 8.48. The Kier molecular flexibility index (Phi) is 2.22. The van der Waals surface area contributed by atoms with Crippen LogP contribution in [-0.2, 0) is 0 Å². The summed E-state index contributed by atoms with van der Waals surface area (Å²) < 4.78 is 3.02. The number of halogens is 1. The first-order valence-corrected chi connectivity index (χ1v) is 5.68. The van der Waals surface area contributed by atoms with Crippen LogP contribution >= 0.6 is 15.9 Å². The Labute approximate surface area is 101 Å². The monoisotopic (exact) mass is 273 g/mol. The van der Waals surface area contributed by atoms with Crippen LogP contribution in [0.2, 0.25) is 0 Å². The van der Waals surface area contributed by atoms with E-state index < -0.39 is 0 Å². The molecule has 3 nitrogen and oxygen atoms in total. The van der Waals surface area contributed by atoms with Crippen LogP contribution in [0, 0.1) is 0 Å². The molecule has 4 heteroatoms. The van der Waals surface area contributed by atoms with Crippen molar-refractivity contribution in [3.63, 3.8) is 0 Å². The van der Waals surface area contributed by atoms with Crippen LogP contribution in [0.3, 0.4) is 0 Å². The van der Waals surface area contributed by atoms with E-state index >= 15 is 0 Å². The van der Waals surface area contributed by atoms with Crippen molar-refractivity contribution in [2.24, 2.45) is 0 Å². The van der Waals surface area contributed by atoms with Crippen molar-refractivity contribution < 1.29 is 0 Å². The summed E-state index contributed by atoms with van der Waals surface area (Å²) in [5.74, 6) is 0.690. The zero-order valence-electron chi connectivity index (χ0n) is 8.34. The van der Waals surface area contributed by atoms with E-state index in [1.54, 1.807) is 12.4 Å². The van der Waals surface area contributed by atoms with Crippen LogP contribution in [0.1, 0.15) is 0 Å². The van der Waals surface area contributed by atoms with Gasteiger partial charge in [0.15, 0.2) is 0 Å². The molecule has 0 aliphatic rings. The second-order valence-corrected chi connectivity index (χ2v) is 4.35. The van der Waals surface area contributed by atoms with E-state index in [4.69, 9.17) is 0 Å². The Balaban J connectivity index is 2.29. The summed E-state index contributed by atoms with van der Waals surface area (Å²) in [6.07, 6.45) is 5.46. The minimum atomic E-state index is 0.690. The maximum Gasteiger partial charge on any atom is 0.234 e. The van der Waals surface area contributed by atoms with E-state index in [1.807, 2.05) is 22.9 Å². The number of hydrogen-bond donors (Lipinski definition) is 0. The number of benzene rings is 1. The van der Waals surface area contributed by atoms with Crippen molar-refractivity contribution in [1.82, 2.24) is 14.5 Å². The Morgan fingerprint density at radius 3 is 2.69 bits per heavy atom. The minimum absolute atomic E-state index is 0.690. The van der Waals surface area contributed by atoms with Crippen molar-refractivity contribution in [3.05, 3.63) is 53.4 Å². The molecule has 0 radical (unpaired) electrons. The standard InChI is InChI=1S/C12H8BrN3/c13-10-3-2-9-4-7-16(11(9)8-10)12-14-5-1-6-15-12/h1-8H. The van der Waals surface area contributed by atoms with Crippen LogP contribution in [-0.4, -0.2) is 14.5 Å². The lowest BCUT2D eigenvalue weighted by molar-refractivity contribution is 0.962. The van der Waals surface area contributed by atoms with Gasteiger partial charge in [-0.15, -0.1) is 0 Å². The molecule has 0 saturated carbocycles. The van der Waals surface area contributed by atoms with Gasteiger partial charge in [-0.05, 0) is 24.3 Å². The summed E-state index contributed by atoms with van der Waals surface area (Å²) in [6.45, 7) is 0. The van der Waals surface area contributed by atoms with E-state index in [0.29, 0.717) is 5.95 Å². The predicted octanol–water partition coefficient (Wildman–Crippen LogP) is 3.18. The van der Waals surface area contributed by atoms with E-state index in [-0.39, 0.29) is 0 Å². The quantitative estimate of drug-likeness (QED) is 0.682. The van der Waals surface area contributed by atoms with Crippen LogP contribution in [0.5, 0.6) is 0 Å². The topological polar surface area (TPSA) is 30.7 Å².